The second-order valence-corrected chi connectivity index (χ2v) is 20.4. The van der Waals surface area contributed by atoms with E-state index in [0.29, 0.717) is 6.42 Å². The van der Waals surface area contributed by atoms with Crippen LogP contribution in [0.3, 0.4) is 0 Å². The van der Waals surface area contributed by atoms with Crippen LogP contribution in [0.4, 0.5) is 0 Å². The summed E-state index contributed by atoms with van der Waals surface area (Å²) in [6.45, 7) is 1.44. The first-order chi connectivity index (χ1) is 37.3. The van der Waals surface area contributed by atoms with E-state index in [1.165, 1.54) is 38.5 Å². The molecule has 77 heavy (non-hydrogen) atoms. The van der Waals surface area contributed by atoms with E-state index >= 15 is 0 Å². The van der Waals surface area contributed by atoms with Crippen LogP contribution >= 0.6 is 0 Å². The van der Waals surface area contributed by atoms with Gasteiger partial charge in [-0.3, -0.25) is 4.79 Å². The summed E-state index contributed by atoms with van der Waals surface area (Å²) in [5, 5.41) is 119. The van der Waals surface area contributed by atoms with Gasteiger partial charge in [-0.25, -0.2) is 0 Å². The number of aliphatic hydroxyl groups is 11. The summed E-state index contributed by atoms with van der Waals surface area (Å²) < 4.78 is 34.0. The average Bonchev–Trinajstić information content (AvgIpc) is 3.42. The first-order valence-corrected chi connectivity index (χ1v) is 28.7. The van der Waals surface area contributed by atoms with Crippen LogP contribution in [0.15, 0.2) is 72.9 Å². The van der Waals surface area contributed by atoms with Crippen LogP contribution in [-0.2, 0) is 33.2 Å². The maximum atomic E-state index is 13.2. The normalized spacial score (nSPS) is 31.3. The van der Waals surface area contributed by atoms with Gasteiger partial charge in [0.05, 0.1) is 38.6 Å². The maximum absolute atomic E-state index is 13.2. The van der Waals surface area contributed by atoms with Gasteiger partial charge in [0.15, 0.2) is 18.9 Å². The van der Waals surface area contributed by atoms with Crippen LogP contribution in [0, 0.1) is 0 Å². The fourth-order valence-corrected chi connectivity index (χ4v) is 9.27. The number of allylic oxidation sites excluding steroid dienone is 11. The Morgan fingerprint density at radius 2 is 0.896 bits per heavy atom. The van der Waals surface area contributed by atoms with Crippen molar-refractivity contribution in [3.8, 4) is 0 Å². The minimum absolute atomic E-state index is 0.234. The molecule has 3 saturated heterocycles. The van der Waals surface area contributed by atoms with E-state index in [-0.39, 0.29) is 18.9 Å². The Bertz CT molecular complexity index is 1690. The van der Waals surface area contributed by atoms with Crippen molar-refractivity contribution in [2.75, 3.05) is 26.4 Å². The third kappa shape index (κ3) is 25.7. The van der Waals surface area contributed by atoms with Crippen LogP contribution in [0.1, 0.15) is 155 Å². The third-order valence-corrected chi connectivity index (χ3v) is 14.0. The fourth-order valence-electron chi connectivity index (χ4n) is 9.27. The number of ether oxygens (including phenoxy) is 6. The van der Waals surface area contributed by atoms with Gasteiger partial charge in [-0.15, -0.1) is 0 Å². The summed E-state index contributed by atoms with van der Waals surface area (Å²) in [7, 11) is 0. The van der Waals surface area contributed by atoms with Gasteiger partial charge in [0, 0.05) is 6.42 Å². The molecule has 12 N–H and O–H groups in total. The molecule has 0 aliphatic carbocycles. The van der Waals surface area contributed by atoms with Crippen molar-refractivity contribution in [2.24, 2.45) is 0 Å². The van der Waals surface area contributed by atoms with Gasteiger partial charge >= 0.3 is 0 Å². The highest BCUT2D eigenvalue weighted by Crippen LogP contribution is 2.33. The number of amides is 1. The molecule has 0 saturated carbocycles. The summed E-state index contributed by atoms with van der Waals surface area (Å²) in [4.78, 5) is 13.2. The molecule has 3 aliphatic rings. The molecule has 19 nitrogen and oxygen atoms in total. The summed E-state index contributed by atoms with van der Waals surface area (Å²) in [6.07, 6.45) is 21.1. The van der Waals surface area contributed by atoms with Gasteiger partial charge in [-0.05, 0) is 64.2 Å². The zero-order valence-electron chi connectivity index (χ0n) is 45.9. The van der Waals surface area contributed by atoms with Gasteiger partial charge in [0.25, 0.3) is 0 Å². The number of hydrogen-bond donors (Lipinski definition) is 12. The van der Waals surface area contributed by atoms with Crippen LogP contribution in [0.2, 0.25) is 0 Å². The van der Waals surface area contributed by atoms with Crippen molar-refractivity contribution >= 4 is 5.91 Å². The monoisotopic (exact) mass is 1100 g/mol. The minimum Gasteiger partial charge on any atom is -0.394 e. The molecule has 0 aromatic heterocycles. The summed E-state index contributed by atoms with van der Waals surface area (Å²) in [5.74, 6) is -0.291. The van der Waals surface area contributed by atoms with Gasteiger partial charge < -0.3 is 89.9 Å². The number of aliphatic hydroxyl groups excluding tert-OH is 11. The highest BCUT2D eigenvalue weighted by molar-refractivity contribution is 5.76. The number of carbonyl (C=O) groups is 1. The van der Waals surface area contributed by atoms with Crippen molar-refractivity contribution in [3.05, 3.63) is 72.9 Å². The van der Waals surface area contributed by atoms with Crippen molar-refractivity contribution in [2.45, 2.75) is 259 Å². The second-order valence-electron chi connectivity index (χ2n) is 20.4. The number of unbranched alkanes of at least 4 members (excludes halogenated alkanes) is 14. The zero-order chi connectivity index (χ0) is 56.2. The molecular formula is C58H99NO18. The van der Waals surface area contributed by atoms with Gasteiger partial charge in [0.2, 0.25) is 5.91 Å². The Labute approximate surface area is 458 Å². The lowest BCUT2D eigenvalue weighted by atomic mass is 9.96. The molecule has 19 heteroatoms. The highest BCUT2D eigenvalue weighted by atomic mass is 16.8. The summed E-state index contributed by atoms with van der Waals surface area (Å²) in [5.41, 5.74) is 0. The molecular weight excluding hydrogens is 999 g/mol. The maximum Gasteiger partial charge on any atom is 0.220 e. The zero-order valence-corrected chi connectivity index (χ0v) is 45.9. The number of rotatable bonds is 40. The van der Waals surface area contributed by atoms with Crippen LogP contribution < -0.4 is 5.32 Å². The van der Waals surface area contributed by atoms with Crippen LogP contribution in [0.25, 0.3) is 0 Å². The highest BCUT2D eigenvalue weighted by Gasteiger charge is 2.53. The predicted octanol–water partition coefficient (Wildman–Crippen LogP) is 4.26. The average molecular weight is 1100 g/mol. The molecule has 0 radical (unpaired) electrons. The molecule has 3 rings (SSSR count). The van der Waals surface area contributed by atoms with Crippen molar-refractivity contribution < 1.29 is 89.4 Å². The Kier molecular flexibility index (Phi) is 36.7. The molecule has 17 atom stereocenters. The van der Waals surface area contributed by atoms with Crippen LogP contribution in [-0.4, -0.2) is 193 Å². The van der Waals surface area contributed by atoms with E-state index < -0.39 is 124 Å². The molecule has 3 heterocycles. The number of nitrogens with one attached hydrogen (secondary N) is 1. The predicted molar refractivity (Wildman–Crippen MR) is 291 cm³/mol. The molecule has 0 aromatic rings. The van der Waals surface area contributed by atoms with Gasteiger partial charge in [-0.2, -0.15) is 0 Å². The third-order valence-electron chi connectivity index (χ3n) is 14.0. The van der Waals surface area contributed by atoms with Crippen molar-refractivity contribution in [1.82, 2.24) is 5.32 Å². The fraction of sp³-hybridized carbons (Fsp3) is 0.776. The molecule has 0 aromatic carbocycles. The molecule has 1 amide bonds. The van der Waals surface area contributed by atoms with Gasteiger partial charge in [-0.1, -0.05) is 157 Å². The van der Waals surface area contributed by atoms with Crippen LogP contribution in [0.5, 0.6) is 0 Å². The van der Waals surface area contributed by atoms with E-state index in [2.05, 4.69) is 79.9 Å². The first-order valence-electron chi connectivity index (χ1n) is 28.7. The number of hydrogen-bond acceptors (Lipinski definition) is 18. The Hall–Kier alpha value is -2.77. The minimum atomic E-state index is -1.98. The van der Waals surface area contributed by atoms with E-state index in [9.17, 15) is 61.0 Å². The lowest BCUT2D eigenvalue weighted by molar-refractivity contribution is -0.379. The Balaban J connectivity index is 1.37. The van der Waals surface area contributed by atoms with E-state index in [1.54, 1.807) is 6.08 Å². The quantitative estimate of drug-likeness (QED) is 0.0301. The standard InChI is InChI=1S/C58H99NO18/c1-3-5-7-9-10-11-12-13-14-15-16-17-18-19-20-21-22-23-24-25-26-27-28-29-30-32-34-36-46(64)59-41(42(63)35-33-31-8-6-4-2)40-72-56-52(70)49(67)54(44(38-61)74-56)77-58-53(71)50(68)55(45(39-62)75-58)76-57-51(69)48(66)47(65)43(37-60)73-57/h5,7,10-11,13-14,16-17,19-20,33,35,41-45,47-58,60-63,65-71H,3-4,6,8-9,12,15,18,21-32,34,36-40H2,1-2H3,(H,59,64)/b7-5-,11-10-,14-13-,17-16-,20-19-,35-33+. The molecule has 3 aliphatic heterocycles. The topological polar surface area (TPSA) is 307 Å². The number of carbonyl (C=O) groups excluding carboxylic acids is 1. The largest absolute Gasteiger partial charge is 0.394 e. The van der Waals surface area contributed by atoms with Crippen molar-refractivity contribution in [1.29, 1.82) is 0 Å². The Morgan fingerprint density at radius 3 is 1.40 bits per heavy atom. The lowest BCUT2D eigenvalue weighted by Crippen LogP contribution is -2.66. The summed E-state index contributed by atoms with van der Waals surface area (Å²) >= 11 is 0. The van der Waals surface area contributed by atoms with E-state index in [4.69, 9.17) is 28.4 Å². The SMILES string of the molecule is CC/C=C\C/C=C\C/C=C\C/C=C\C/C=C\CCCCCCCCCCCCCC(=O)NC(COC1OC(CO)C(OC2OC(CO)C(OC3OC(CO)C(O)C(O)C3O)C(O)C2O)C(O)C1O)C(O)/C=C/CCCCC. The first kappa shape index (κ1) is 68.5. The lowest BCUT2D eigenvalue weighted by Gasteiger charge is -2.48. The summed E-state index contributed by atoms with van der Waals surface area (Å²) in [6, 6.07) is -0.974. The smallest absolute Gasteiger partial charge is 0.220 e. The molecule has 0 bridgehead atoms. The van der Waals surface area contributed by atoms with E-state index in [1.807, 2.05) is 6.08 Å². The van der Waals surface area contributed by atoms with Crippen molar-refractivity contribution in [3.63, 3.8) is 0 Å². The molecule has 3 fully saturated rings. The van der Waals surface area contributed by atoms with Gasteiger partial charge in [0.1, 0.15) is 73.2 Å². The Morgan fingerprint density at radius 1 is 0.481 bits per heavy atom. The van der Waals surface area contributed by atoms with E-state index in [0.717, 1.165) is 89.9 Å². The molecule has 444 valence electrons. The second kappa shape index (κ2) is 41.3. The molecule has 0 spiro atoms. The molecule has 17 unspecified atom stereocenters.